The van der Waals surface area contributed by atoms with Crippen LogP contribution in [0.1, 0.15) is 19.1 Å². The van der Waals surface area contributed by atoms with Crippen LogP contribution in [0.25, 0.3) is 11.2 Å². The monoisotopic (exact) mass is 302 g/mol. The number of ether oxygens (including phenoxy) is 2. The molecule has 0 bridgehead atoms. The van der Waals surface area contributed by atoms with Crippen LogP contribution in [0.2, 0.25) is 0 Å². The summed E-state index contributed by atoms with van der Waals surface area (Å²) in [6.07, 6.45) is 9.12. The number of aromatic nitrogens is 4. The maximum atomic E-state index is 9.60. The van der Waals surface area contributed by atoms with Crippen LogP contribution >= 0.6 is 0 Å². The first-order chi connectivity index (χ1) is 10.8. The highest BCUT2D eigenvalue weighted by atomic mass is 16.5. The third-order valence-electron chi connectivity index (χ3n) is 4.66. The zero-order valence-electron chi connectivity index (χ0n) is 12.3. The van der Waals surface area contributed by atoms with Gasteiger partial charge in [-0.05, 0) is 18.8 Å². The van der Waals surface area contributed by atoms with Gasteiger partial charge in [0.15, 0.2) is 11.2 Å². The summed E-state index contributed by atoms with van der Waals surface area (Å²) in [4.78, 5) is 12.8. The van der Waals surface area contributed by atoms with Crippen molar-refractivity contribution in [3.63, 3.8) is 0 Å². The Bertz CT molecular complexity index is 714. The molecule has 2 aromatic rings. The molecule has 2 aliphatic rings. The Balaban J connectivity index is 1.77. The third kappa shape index (κ3) is 1.93. The van der Waals surface area contributed by atoms with Gasteiger partial charge in [0.2, 0.25) is 5.88 Å². The Morgan fingerprint density at radius 1 is 1.27 bits per heavy atom. The first kappa shape index (κ1) is 13.7. The molecule has 1 aliphatic heterocycles. The minimum absolute atomic E-state index is 0.0381. The van der Waals surface area contributed by atoms with Gasteiger partial charge in [-0.3, -0.25) is 4.57 Å². The molecule has 4 rings (SSSR count). The van der Waals surface area contributed by atoms with Gasteiger partial charge < -0.3 is 14.6 Å². The molecule has 7 heteroatoms. The zero-order chi connectivity index (χ0) is 15.1. The highest BCUT2D eigenvalue weighted by Gasteiger charge is 2.45. The summed E-state index contributed by atoms with van der Waals surface area (Å²) in [6.45, 7) is 0.0381. The summed E-state index contributed by atoms with van der Waals surface area (Å²) in [5.41, 5.74) is 1.33. The standard InChI is InChI=1S/C15H18N4O3/c1-21-14-12-13(16-7-17-14)19(8-18-12)15-10-5-3-2-4-9(10)11(6-20)22-15/h2-3,7-11,15,20H,4-6H2,1H3/t9-,10+,11+,15+/m0/s1. The van der Waals surface area contributed by atoms with Gasteiger partial charge >= 0.3 is 0 Å². The van der Waals surface area contributed by atoms with Gasteiger partial charge in [-0.15, -0.1) is 0 Å². The SMILES string of the molecule is COc1ncnc2c1ncn2[C@@H]1O[C@H](CO)[C@H]2CC=CC[C@H]21. The average molecular weight is 302 g/mol. The van der Waals surface area contributed by atoms with Crippen LogP contribution in [0.3, 0.4) is 0 Å². The summed E-state index contributed by atoms with van der Waals surface area (Å²) >= 11 is 0. The maximum absolute atomic E-state index is 9.60. The topological polar surface area (TPSA) is 82.3 Å². The molecule has 1 fully saturated rings. The van der Waals surface area contributed by atoms with Crippen molar-refractivity contribution in [2.75, 3.05) is 13.7 Å². The Morgan fingerprint density at radius 2 is 2.09 bits per heavy atom. The lowest BCUT2D eigenvalue weighted by molar-refractivity contribution is -0.0349. The van der Waals surface area contributed by atoms with Crippen LogP contribution in [0.5, 0.6) is 5.88 Å². The van der Waals surface area contributed by atoms with Gasteiger partial charge in [-0.1, -0.05) is 12.2 Å². The molecule has 0 unspecified atom stereocenters. The van der Waals surface area contributed by atoms with E-state index in [1.165, 1.54) is 6.33 Å². The van der Waals surface area contributed by atoms with Gasteiger partial charge in [0.25, 0.3) is 0 Å². The number of nitrogens with zero attached hydrogens (tertiary/aromatic N) is 4. The second-order valence-corrected chi connectivity index (χ2v) is 5.73. The van der Waals surface area contributed by atoms with E-state index in [1.807, 2.05) is 4.57 Å². The quantitative estimate of drug-likeness (QED) is 0.861. The fourth-order valence-electron chi connectivity index (χ4n) is 3.61. The van der Waals surface area contributed by atoms with Crippen LogP contribution in [-0.4, -0.2) is 44.4 Å². The zero-order valence-corrected chi connectivity index (χ0v) is 12.3. The number of aliphatic hydroxyl groups is 1. The van der Waals surface area contributed by atoms with Crippen molar-refractivity contribution in [2.24, 2.45) is 11.8 Å². The highest BCUT2D eigenvalue weighted by Crippen LogP contribution is 2.46. The third-order valence-corrected chi connectivity index (χ3v) is 4.66. The molecule has 0 amide bonds. The van der Waals surface area contributed by atoms with Crippen molar-refractivity contribution in [1.82, 2.24) is 19.5 Å². The van der Waals surface area contributed by atoms with E-state index in [9.17, 15) is 5.11 Å². The molecule has 1 saturated heterocycles. The first-order valence-corrected chi connectivity index (χ1v) is 7.46. The second kappa shape index (κ2) is 5.33. The smallest absolute Gasteiger partial charge is 0.245 e. The van der Waals surface area contributed by atoms with Crippen LogP contribution < -0.4 is 4.74 Å². The molecule has 0 saturated carbocycles. The summed E-state index contributed by atoms with van der Waals surface area (Å²) in [5, 5.41) is 9.60. The molecular weight excluding hydrogens is 284 g/mol. The van der Waals surface area contributed by atoms with Gasteiger partial charge in [0, 0.05) is 5.92 Å². The van der Waals surface area contributed by atoms with Crippen molar-refractivity contribution in [2.45, 2.75) is 25.2 Å². The minimum atomic E-state index is -0.170. The lowest BCUT2D eigenvalue weighted by Crippen LogP contribution is -2.25. The van der Waals surface area contributed by atoms with E-state index < -0.39 is 0 Å². The van der Waals surface area contributed by atoms with Crippen molar-refractivity contribution in [3.05, 3.63) is 24.8 Å². The molecule has 3 heterocycles. The number of fused-ring (bicyclic) bond motifs is 2. The van der Waals surface area contributed by atoms with Crippen molar-refractivity contribution < 1.29 is 14.6 Å². The molecule has 0 spiro atoms. The lowest BCUT2D eigenvalue weighted by atomic mass is 9.81. The predicted octanol–water partition coefficient (Wildman–Crippen LogP) is 1.31. The fraction of sp³-hybridized carbons (Fsp3) is 0.533. The van der Waals surface area contributed by atoms with Gasteiger partial charge in [0.1, 0.15) is 12.6 Å². The van der Waals surface area contributed by atoms with Crippen LogP contribution in [0, 0.1) is 11.8 Å². The van der Waals surface area contributed by atoms with Crippen LogP contribution in [0.4, 0.5) is 0 Å². The van der Waals surface area contributed by atoms with Crippen molar-refractivity contribution >= 4 is 11.2 Å². The Labute approximate surface area is 127 Å². The number of hydrogen-bond donors (Lipinski definition) is 1. The van der Waals surface area contributed by atoms with Gasteiger partial charge in [-0.2, -0.15) is 4.98 Å². The Morgan fingerprint density at radius 3 is 2.86 bits per heavy atom. The normalized spacial score (nSPS) is 30.6. The van der Waals surface area contributed by atoms with Crippen LogP contribution in [0.15, 0.2) is 24.8 Å². The molecule has 0 aromatic carbocycles. The van der Waals surface area contributed by atoms with E-state index >= 15 is 0 Å². The number of hydrogen-bond acceptors (Lipinski definition) is 6. The predicted molar refractivity (Wildman–Crippen MR) is 78.2 cm³/mol. The summed E-state index contributed by atoms with van der Waals surface area (Å²) in [6, 6.07) is 0. The Hall–Kier alpha value is -1.99. The Kier molecular flexibility index (Phi) is 3.31. The second-order valence-electron chi connectivity index (χ2n) is 5.73. The van der Waals surface area contributed by atoms with Gasteiger partial charge in [0.05, 0.1) is 26.1 Å². The summed E-state index contributed by atoms with van der Waals surface area (Å²) < 4.78 is 13.3. The molecular formula is C15H18N4O3. The first-order valence-electron chi connectivity index (χ1n) is 7.46. The average Bonchev–Trinajstić information content (AvgIpc) is 3.15. The minimum Gasteiger partial charge on any atom is -0.479 e. The molecule has 2 aromatic heterocycles. The highest BCUT2D eigenvalue weighted by molar-refractivity contribution is 5.76. The van der Waals surface area contributed by atoms with E-state index in [2.05, 4.69) is 27.1 Å². The largest absolute Gasteiger partial charge is 0.479 e. The molecule has 0 radical (unpaired) electrons. The molecule has 22 heavy (non-hydrogen) atoms. The van der Waals surface area contributed by atoms with E-state index in [4.69, 9.17) is 9.47 Å². The maximum Gasteiger partial charge on any atom is 0.245 e. The molecule has 116 valence electrons. The fourth-order valence-corrected chi connectivity index (χ4v) is 3.61. The van der Waals surface area contributed by atoms with E-state index in [0.29, 0.717) is 28.9 Å². The number of aliphatic hydroxyl groups excluding tert-OH is 1. The van der Waals surface area contributed by atoms with Gasteiger partial charge in [-0.25, -0.2) is 9.97 Å². The number of rotatable bonds is 3. The number of allylic oxidation sites excluding steroid dienone is 2. The number of imidazole rings is 1. The van der Waals surface area contributed by atoms with Crippen LogP contribution in [-0.2, 0) is 4.74 Å². The van der Waals surface area contributed by atoms with E-state index in [-0.39, 0.29) is 18.9 Å². The van der Waals surface area contributed by atoms with Crippen molar-refractivity contribution in [1.29, 1.82) is 0 Å². The summed E-state index contributed by atoms with van der Waals surface area (Å²) in [7, 11) is 1.57. The van der Waals surface area contributed by atoms with Crippen molar-refractivity contribution in [3.8, 4) is 5.88 Å². The molecule has 1 N–H and O–H groups in total. The molecule has 1 aliphatic carbocycles. The number of methoxy groups -OCH3 is 1. The molecule has 7 nitrogen and oxygen atoms in total. The van der Waals surface area contributed by atoms with E-state index in [1.54, 1.807) is 13.4 Å². The summed E-state index contributed by atoms with van der Waals surface area (Å²) in [5.74, 6) is 1.11. The van der Waals surface area contributed by atoms with E-state index in [0.717, 1.165) is 12.8 Å². The molecule has 4 atom stereocenters. The lowest BCUT2D eigenvalue weighted by Gasteiger charge is -2.25.